The molecule has 0 aromatic carbocycles. The molecule has 1 aromatic heterocycles. The van der Waals surface area contributed by atoms with Crippen molar-refractivity contribution >= 4 is 49.0 Å². The van der Waals surface area contributed by atoms with Gasteiger partial charge in [-0.3, -0.25) is 4.79 Å². The molecule has 4 heteroatoms. The first kappa shape index (κ1) is 14.4. The maximum atomic E-state index is 12.1. The Labute approximate surface area is 118 Å². The van der Waals surface area contributed by atoms with Crippen LogP contribution < -0.4 is 0 Å². The van der Waals surface area contributed by atoms with Crippen LogP contribution in [-0.2, 0) is 0 Å². The highest BCUT2D eigenvalue weighted by atomic mass is 79.9. The molecule has 0 amide bonds. The summed E-state index contributed by atoms with van der Waals surface area (Å²) in [7, 11) is 0. The number of rotatable bonds is 3. The molecule has 16 heavy (non-hydrogen) atoms. The van der Waals surface area contributed by atoms with E-state index in [0.29, 0.717) is 12.3 Å². The van der Waals surface area contributed by atoms with Gasteiger partial charge in [-0.15, -0.1) is 11.3 Å². The number of carbonyl (C=O) groups is 1. The normalized spacial score (nSPS) is 13.9. The average Bonchev–Trinajstić information content (AvgIpc) is 2.43. The molecule has 0 radical (unpaired) electrons. The molecule has 1 unspecified atom stereocenters. The molecule has 90 valence electrons. The van der Waals surface area contributed by atoms with Gasteiger partial charge in [-0.1, -0.05) is 27.7 Å². The van der Waals surface area contributed by atoms with Crippen LogP contribution in [-0.4, -0.2) is 5.78 Å². The van der Waals surface area contributed by atoms with E-state index in [1.165, 1.54) is 0 Å². The number of hydrogen-bond donors (Lipinski definition) is 0. The third-order valence-corrected chi connectivity index (χ3v) is 5.27. The Hall–Kier alpha value is 0.330. The third-order valence-electron chi connectivity index (χ3n) is 2.93. The summed E-state index contributed by atoms with van der Waals surface area (Å²) in [4.78, 5) is 12.1. The topological polar surface area (TPSA) is 17.1 Å². The first-order valence-corrected chi connectivity index (χ1v) is 7.60. The minimum absolute atomic E-state index is 0.176. The number of Topliss-reactive ketones (excluding diaryl/α,β-unsaturated/α-hetero) is 1. The largest absolute Gasteiger partial charge is 0.294 e. The Morgan fingerprint density at radius 3 is 2.38 bits per heavy atom. The van der Waals surface area contributed by atoms with Crippen molar-refractivity contribution in [3.8, 4) is 0 Å². The van der Waals surface area contributed by atoms with Gasteiger partial charge >= 0.3 is 0 Å². The fourth-order valence-corrected chi connectivity index (χ4v) is 4.08. The second-order valence-corrected chi connectivity index (χ2v) is 8.88. The standard InChI is InChI=1S/C12H16Br2OS/c1-7(12(2,3)4)5-9(15)8-6-10(13)16-11(8)14/h6-7H,5H2,1-4H3. The zero-order valence-electron chi connectivity index (χ0n) is 9.93. The summed E-state index contributed by atoms with van der Waals surface area (Å²) >= 11 is 8.36. The van der Waals surface area contributed by atoms with Crippen molar-refractivity contribution in [2.45, 2.75) is 34.1 Å². The van der Waals surface area contributed by atoms with Gasteiger partial charge in [-0.2, -0.15) is 0 Å². The summed E-state index contributed by atoms with van der Waals surface area (Å²) in [6.07, 6.45) is 0.602. The van der Waals surface area contributed by atoms with Crippen molar-refractivity contribution in [3.63, 3.8) is 0 Å². The highest BCUT2D eigenvalue weighted by Gasteiger charge is 2.24. The number of halogens is 2. The summed E-state index contributed by atoms with van der Waals surface area (Å²) in [6.45, 7) is 8.64. The molecule has 1 atom stereocenters. The number of thiophene rings is 1. The van der Waals surface area contributed by atoms with Gasteiger partial charge in [0.15, 0.2) is 5.78 Å². The second-order valence-electron chi connectivity index (χ2n) is 5.13. The lowest BCUT2D eigenvalue weighted by Crippen LogP contribution is -2.20. The molecule has 0 N–H and O–H groups in total. The molecule has 1 nitrogen and oxygen atoms in total. The SMILES string of the molecule is CC(CC(=O)c1cc(Br)sc1Br)C(C)(C)C. The number of carbonyl (C=O) groups excluding carboxylic acids is 1. The van der Waals surface area contributed by atoms with Gasteiger partial charge in [0, 0.05) is 12.0 Å². The van der Waals surface area contributed by atoms with E-state index in [1.54, 1.807) is 11.3 Å². The van der Waals surface area contributed by atoms with Crippen LogP contribution in [0.4, 0.5) is 0 Å². The molecule has 0 fully saturated rings. The van der Waals surface area contributed by atoms with E-state index in [2.05, 4.69) is 59.6 Å². The van der Waals surface area contributed by atoms with Crippen LogP contribution in [0.5, 0.6) is 0 Å². The van der Waals surface area contributed by atoms with Crippen molar-refractivity contribution in [1.29, 1.82) is 0 Å². The monoisotopic (exact) mass is 366 g/mol. The molecular formula is C12H16Br2OS. The second kappa shape index (κ2) is 5.32. The van der Waals surface area contributed by atoms with Crippen molar-refractivity contribution in [1.82, 2.24) is 0 Å². The van der Waals surface area contributed by atoms with Crippen LogP contribution in [0.3, 0.4) is 0 Å². The lowest BCUT2D eigenvalue weighted by atomic mass is 9.79. The van der Waals surface area contributed by atoms with Crippen LogP contribution in [0.25, 0.3) is 0 Å². The smallest absolute Gasteiger partial charge is 0.165 e. The molecule has 0 aliphatic rings. The van der Waals surface area contributed by atoms with Gasteiger partial charge in [0.05, 0.1) is 7.57 Å². The molecule has 1 heterocycles. The quantitative estimate of drug-likeness (QED) is 0.642. The van der Waals surface area contributed by atoms with Crippen LogP contribution >= 0.6 is 43.2 Å². The van der Waals surface area contributed by atoms with Gasteiger partial charge in [0.25, 0.3) is 0 Å². The van der Waals surface area contributed by atoms with Crippen molar-refractivity contribution in [2.24, 2.45) is 11.3 Å². The van der Waals surface area contributed by atoms with E-state index in [-0.39, 0.29) is 11.2 Å². The molecule has 0 saturated carbocycles. The van der Waals surface area contributed by atoms with Crippen molar-refractivity contribution < 1.29 is 4.79 Å². The van der Waals surface area contributed by atoms with Gasteiger partial charge in [-0.05, 0) is 49.3 Å². The molecule has 0 aliphatic carbocycles. The van der Waals surface area contributed by atoms with E-state index >= 15 is 0 Å². The van der Waals surface area contributed by atoms with Crippen LogP contribution in [0, 0.1) is 11.3 Å². The molecule has 1 aromatic rings. The van der Waals surface area contributed by atoms with Crippen LogP contribution in [0.2, 0.25) is 0 Å². The third kappa shape index (κ3) is 3.67. The summed E-state index contributed by atoms with van der Waals surface area (Å²) in [6, 6.07) is 1.90. The lowest BCUT2D eigenvalue weighted by Gasteiger charge is -2.26. The van der Waals surface area contributed by atoms with Crippen molar-refractivity contribution in [3.05, 3.63) is 19.2 Å². The number of hydrogen-bond acceptors (Lipinski definition) is 2. The minimum atomic E-state index is 0.176. The summed E-state index contributed by atoms with van der Waals surface area (Å²) in [5.74, 6) is 0.599. The number of ketones is 1. The van der Waals surface area contributed by atoms with Gasteiger partial charge in [0.2, 0.25) is 0 Å². The lowest BCUT2D eigenvalue weighted by molar-refractivity contribution is 0.0927. The van der Waals surface area contributed by atoms with E-state index in [1.807, 2.05) is 6.07 Å². The zero-order valence-corrected chi connectivity index (χ0v) is 13.9. The van der Waals surface area contributed by atoms with E-state index in [9.17, 15) is 4.79 Å². The highest BCUT2D eigenvalue weighted by Crippen LogP contribution is 2.35. The Balaban J connectivity index is 2.77. The Kier molecular flexibility index (Phi) is 4.78. The Morgan fingerprint density at radius 2 is 2.00 bits per heavy atom. The average molecular weight is 368 g/mol. The zero-order chi connectivity index (χ0) is 12.5. The Morgan fingerprint density at radius 1 is 1.44 bits per heavy atom. The predicted octanol–water partition coefficient (Wildman–Crippen LogP) is 5.53. The predicted molar refractivity (Wildman–Crippen MR) is 77.3 cm³/mol. The van der Waals surface area contributed by atoms with Crippen molar-refractivity contribution in [2.75, 3.05) is 0 Å². The minimum Gasteiger partial charge on any atom is -0.294 e. The van der Waals surface area contributed by atoms with Gasteiger partial charge < -0.3 is 0 Å². The van der Waals surface area contributed by atoms with E-state index in [4.69, 9.17) is 0 Å². The van der Waals surface area contributed by atoms with Crippen LogP contribution in [0.1, 0.15) is 44.5 Å². The van der Waals surface area contributed by atoms with Gasteiger partial charge in [-0.25, -0.2) is 0 Å². The maximum Gasteiger partial charge on any atom is 0.165 e. The highest BCUT2D eigenvalue weighted by molar-refractivity contribution is 9.12. The van der Waals surface area contributed by atoms with E-state index < -0.39 is 0 Å². The summed E-state index contributed by atoms with van der Waals surface area (Å²) in [5, 5.41) is 0. The summed E-state index contributed by atoms with van der Waals surface area (Å²) in [5.41, 5.74) is 0.975. The first-order chi connectivity index (χ1) is 7.21. The van der Waals surface area contributed by atoms with E-state index in [0.717, 1.165) is 13.1 Å². The molecule has 0 bridgehead atoms. The maximum absolute atomic E-state index is 12.1. The first-order valence-electron chi connectivity index (χ1n) is 5.20. The fourth-order valence-electron chi connectivity index (χ4n) is 1.22. The fraction of sp³-hybridized carbons (Fsp3) is 0.583. The van der Waals surface area contributed by atoms with Gasteiger partial charge in [0.1, 0.15) is 0 Å². The molecule has 0 aliphatic heterocycles. The Bertz CT molecular complexity index is 390. The summed E-state index contributed by atoms with van der Waals surface area (Å²) < 4.78 is 1.91. The molecular weight excluding hydrogens is 352 g/mol. The molecule has 1 rings (SSSR count). The van der Waals surface area contributed by atoms with Crippen LogP contribution in [0.15, 0.2) is 13.6 Å². The molecule has 0 spiro atoms. The molecule has 0 saturated heterocycles.